The van der Waals surface area contributed by atoms with E-state index in [4.69, 9.17) is 0 Å². The van der Waals surface area contributed by atoms with Gasteiger partial charge in [0.1, 0.15) is 0 Å². The second kappa shape index (κ2) is 6.02. The summed E-state index contributed by atoms with van der Waals surface area (Å²) in [4.78, 5) is 16.4. The molecule has 0 radical (unpaired) electrons. The highest BCUT2D eigenvalue weighted by atomic mass is 16.2. The summed E-state index contributed by atoms with van der Waals surface area (Å²) in [6.07, 6.45) is 4.89. The normalized spacial score (nSPS) is 29.1. The van der Waals surface area contributed by atoms with E-state index in [1.54, 1.807) is 0 Å². The molecule has 0 aromatic rings. The van der Waals surface area contributed by atoms with Crippen LogP contribution < -0.4 is 5.32 Å². The monoisotopic (exact) mass is 253 g/mol. The molecular weight excluding hydrogens is 226 g/mol. The summed E-state index contributed by atoms with van der Waals surface area (Å²) in [5.74, 6) is 1.12. The van der Waals surface area contributed by atoms with Gasteiger partial charge in [-0.1, -0.05) is 6.92 Å². The predicted octanol–water partition coefficient (Wildman–Crippen LogP) is 0.927. The smallest absolute Gasteiger partial charge is 0.236 e. The Hall–Kier alpha value is -0.610. The van der Waals surface area contributed by atoms with Crippen LogP contribution in [0.2, 0.25) is 0 Å². The molecule has 4 heteroatoms. The lowest BCUT2D eigenvalue weighted by Gasteiger charge is -2.38. The number of nitrogens with zero attached hydrogens (tertiary/aromatic N) is 2. The molecule has 0 atom stereocenters. The van der Waals surface area contributed by atoms with Crippen molar-refractivity contribution in [3.8, 4) is 0 Å². The van der Waals surface area contributed by atoms with E-state index in [1.165, 1.54) is 25.7 Å². The Labute approximate surface area is 111 Å². The van der Waals surface area contributed by atoms with Crippen molar-refractivity contribution in [1.82, 2.24) is 15.1 Å². The third-order valence-electron chi connectivity index (χ3n) is 4.69. The molecule has 1 aliphatic heterocycles. The van der Waals surface area contributed by atoms with Gasteiger partial charge < -0.3 is 10.2 Å². The molecule has 4 nitrogen and oxygen atoms in total. The summed E-state index contributed by atoms with van der Waals surface area (Å²) >= 11 is 0. The summed E-state index contributed by atoms with van der Waals surface area (Å²) < 4.78 is 0. The Balaban J connectivity index is 1.77. The summed E-state index contributed by atoms with van der Waals surface area (Å²) in [5, 5.41) is 3.25. The lowest BCUT2D eigenvalue weighted by atomic mass is 9.87. The van der Waals surface area contributed by atoms with Crippen molar-refractivity contribution < 1.29 is 4.79 Å². The van der Waals surface area contributed by atoms with Crippen LogP contribution in [-0.2, 0) is 4.79 Å². The van der Waals surface area contributed by atoms with Crippen LogP contribution in [0.3, 0.4) is 0 Å². The number of likely N-dealkylation sites (N-methyl/N-ethyl adjacent to an activating group) is 2. The highest BCUT2D eigenvalue weighted by Crippen LogP contribution is 2.26. The molecule has 1 aliphatic carbocycles. The fourth-order valence-electron chi connectivity index (χ4n) is 2.87. The molecule has 2 aliphatic rings. The van der Waals surface area contributed by atoms with Crippen molar-refractivity contribution in [3.63, 3.8) is 0 Å². The Morgan fingerprint density at radius 2 is 1.72 bits per heavy atom. The topological polar surface area (TPSA) is 35.6 Å². The van der Waals surface area contributed by atoms with Gasteiger partial charge in [-0.3, -0.25) is 9.69 Å². The first-order valence-electron chi connectivity index (χ1n) is 7.24. The second-order valence-electron chi connectivity index (χ2n) is 6.15. The average Bonchev–Trinajstić information content (AvgIpc) is 2.26. The lowest BCUT2D eigenvalue weighted by molar-refractivity contribution is -0.134. The van der Waals surface area contributed by atoms with Gasteiger partial charge in [-0.15, -0.1) is 0 Å². The van der Waals surface area contributed by atoms with Crippen molar-refractivity contribution in [3.05, 3.63) is 0 Å². The fourth-order valence-corrected chi connectivity index (χ4v) is 2.87. The van der Waals surface area contributed by atoms with Crippen LogP contribution in [0.4, 0.5) is 0 Å². The van der Waals surface area contributed by atoms with Gasteiger partial charge in [-0.25, -0.2) is 0 Å². The quantitative estimate of drug-likeness (QED) is 0.809. The Morgan fingerprint density at radius 1 is 1.11 bits per heavy atom. The zero-order valence-corrected chi connectivity index (χ0v) is 12.0. The van der Waals surface area contributed by atoms with Crippen LogP contribution in [0, 0.1) is 5.92 Å². The summed E-state index contributed by atoms with van der Waals surface area (Å²) in [7, 11) is 4.04. The minimum Gasteiger partial charge on any atom is -0.342 e. The van der Waals surface area contributed by atoms with E-state index in [2.05, 4.69) is 24.2 Å². The zero-order valence-electron chi connectivity index (χ0n) is 12.0. The van der Waals surface area contributed by atoms with E-state index in [-0.39, 0.29) is 5.91 Å². The van der Waals surface area contributed by atoms with Gasteiger partial charge in [0.05, 0.1) is 6.54 Å². The van der Waals surface area contributed by atoms with Gasteiger partial charge >= 0.3 is 0 Å². The number of carbonyl (C=O) groups is 1. The molecule has 104 valence electrons. The van der Waals surface area contributed by atoms with Crippen molar-refractivity contribution in [2.75, 3.05) is 33.7 Å². The van der Waals surface area contributed by atoms with Crippen LogP contribution in [0.15, 0.2) is 0 Å². The molecule has 0 aromatic heterocycles. The van der Waals surface area contributed by atoms with E-state index < -0.39 is 0 Å². The van der Waals surface area contributed by atoms with Crippen LogP contribution in [-0.4, -0.2) is 61.5 Å². The van der Waals surface area contributed by atoms with Gasteiger partial charge in [-0.05, 0) is 38.6 Å². The van der Waals surface area contributed by atoms with Crippen molar-refractivity contribution in [2.45, 2.75) is 44.7 Å². The minimum absolute atomic E-state index is 0.281. The first-order valence-corrected chi connectivity index (χ1v) is 7.24. The molecule has 2 rings (SSSR count). The van der Waals surface area contributed by atoms with Crippen LogP contribution in [0.1, 0.15) is 32.6 Å². The van der Waals surface area contributed by atoms with Gasteiger partial charge in [0, 0.05) is 32.2 Å². The summed E-state index contributed by atoms with van der Waals surface area (Å²) in [6, 6.07) is 1.02. The lowest BCUT2D eigenvalue weighted by Crippen LogP contribution is -2.58. The summed E-state index contributed by atoms with van der Waals surface area (Å²) in [5.41, 5.74) is 0. The number of hydrogen-bond acceptors (Lipinski definition) is 3. The molecule has 2 fully saturated rings. The highest BCUT2D eigenvalue weighted by Gasteiger charge is 2.28. The maximum Gasteiger partial charge on any atom is 0.236 e. The van der Waals surface area contributed by atoms with E-state index in [1.807, 2.05) is 11.9 Å². The van der Waals surface area contributed by atoms with Gasteiger partial charge in [0.25, 0.3) is 0 Å². The molecule has 18 heavy (non-hydrogen) atoms. The molecular formula is C14H27N3O. The molecule has 1 saturated heterocycles. The Morgan fingerprint density at radius 3 is 2.22 bits per heavy atom. The number of nitrogens with one attached hydrogen (secondary N) is 1. The SMILES string of the molecule is CC1CCC(N(C)C(=O)CN(C)C2CNC2)CC1. The predicted molar refractivity (Wildman–Crippen MR) is 73.5 cm³/mol. The van der Waals surface area contributed by atoms with E-state index >= 15 is 0 Å². The van der Waals surface area contributed by atoms with Gasteiger partial charge in [0.2, 0.25) is 5.91 Å². The maximum atomic E-state index is 12.2. The molecule has 1 N–H and O–H groups in total. The first kappa shape index (κ1) is 13.8. The van der Waals surface area contributed by atoms with E-state index in [0.29, 0.717) is 18.6 Å². The Bertz CT molecular complexity index is 283. The van der Waals surface area contributed by atoms with Crippen LogP contribution >= 0.6 is 0 Å². The van der Waals surface area contributed by atoms with Crippen molar-refractivity contribution in [1.29, 1.82) is 0 Å². The third-order valence-corrected chi connectivity index (χ3v) is 4.69. The summed E-state index contributed by atoms with van der Waals surface area (Å²) in [6.45, 7) is 4.92. The fraction of sp³-hybridized carbons (Fsp3) is 0.929. The largest absolute Gasteiger partial charge is 0.342 e. The van der Waals surface area contributed by atoms with E-state index in [9.17, 15) is 4.79 Å². The maximum absolute atomic E-state index is 12.2. The van der Waals surface area contributed by atoms with Crippen LogP contribution in [0.5, 0.6) is 0 Å². The van der Waals surface area contributed by atoms with Gasteiger partial charge in [-0.2, -0.15) is 0 Å². The molecule has 1 heterocycles. The van der Waals surface area contributed by atoms with Crippen molar-refractivity contribution >= 4 is 5.91 Å². The number of amides is 1. The zero-order chi connectivity index (χ0) is 13.1. The molecule has 0 spiro atoms. The molecule has 0 bridgehead atoms. The van der Waals surface area contributed by atoms with Gasteiger partial charge in [0.15, 0.2) is 0 Å². The number of rotatable bonds is 4. The second-order valence-corrected chi connectivity index (χ2v) is 6.15. The van der Waals surface area contributed by atoms with E-state index in [0.717, 1.165) is 19.0 Å². The standard InChI is InChI=1S/C14H27N3O/c1-11-4-6-12(7-5-11)17(3)14(18)10-16(2)13-8-15-9-13/h11-13,15H,4-10H2,1-3H3. The number of hydrogen-bond donors (Lipinski definition) is 1. The molecule has 0 aromatic carbocycles. The highest BCUT2D eigenvalue weighted by molar-refractivity contribution is 5.78. The third kappa shape index (κ3) is 3.23. The number of carbonyl (C=O) groups excluding carboxylic acids is 1. The molecule has 0 unspecified atom stereocenters. The van der Waals surface area contributed by atoms with Crippen molar-refractivity contribution in [2.24, 2.45) is 5.92 Å². The molecule has 1 amide bonds. The molecule has 1 saturated carbocycles. The van der Waals surface area contributed by atoms with Crippen LogP contribution in [0.25, 0.3) is 0 Å². The first-order chi connectivity index (χ1) is 8.58. The average molecular weight is 253 g/mol. The Kier molecular flexibility index (Phi) is 4.62. The minimum atomic E-state index is 0.281.